The number of rotatable bonds is 4. The molecule has 2 rings (SSSR count). The largest absolute Gasteiger partial charge is 0.508 e. The predicted molar refractivity (Wildman–Crippen MR) is 66.2 cm³/mol. The van der Waals surface area contributed by atoms with E-state index in [-0.39, 0.29) is 5.75 Å². The zero-order chi connectivity index (χ0) is 12.1. The minimum absolute atomic E-state index is 0.274. The number of hydrogen-bond donors (Lipinski definition) is 2. The van der Waals surface area contributed by atoms with Gasteiger partial charge in [0.05, 0.1) is 13.3 Å². The summed E-state index contributed by atoms with van der Waals surface area (Å²) < 4.78 is 5.03. The van der Waals surface area contributed by atoms with E-state index in [1.807, 2.05) is 24.3 Å². The van der Waals surface area contributed by atoms with Crippen molar-refractivity contribution in [1.82, 2.24) is 4.98 Å². The fraction of sp³-hybridized carbons (Fsp3) is 0.154. The predicted octanol–water partition coefficient (Wildman–Crippen LogP) is 2.41. The fourth-order valence-electron chi connectivity index (χ4n) is 1.41. The molecule has 1 heterocycles. The van der Waals surface area contributed by atoms with Gasteiger partial charge in [-0.25, -0.2) is 4.98 Å². The van der Waals surface area contributed by atoms with E-state index in [0.717, 1.165) is 17.1 Å². The summed E-state index contributed by atoms with van der Waals surface area (Å²) in [5.74, 6) is 1.80. The molecule has 0 aliphatic rings. The zero-order valence-electron chi connectivity index (χ0n) is 9.55. The number of aromatic nitrogens is 1. The van der Waals surface area contributed by atoms with Crippen LogP contribution in [0.15, 0.2) is 42.6 Å². The topological polar surface area (TPSA) is 54.4 Å². The molecular weight excluding hydrogens is 216 g/mol. The lowest BCUT2D eigenvalue weighted by atomic mass is 10.2. The van der Waals surface area contributed by atoms with Crippen LogP contribution in [0.3, 0.4) is 0 Å². The number of hydrogen-bond acceptors (Lipinski definition) is 4. The van der Waals surface area contributed by atoms with Crippen LogP contribution in [0.5, 0.6) is 11.5 Å². The number of nitrogens with zero attached hydrogens (tertiary/aromatic N) is 1. The van der Waals surface area contributed by atoms with Crippen molar-refractivity contribution in [3.05, 3.63) is 48.2 Å². The highest BCUT2D eigenvalue weighted by atomic mass is 16.5. The van der Waals surface area contributed by atoms with Gasteiger partial charge in [0, 0.05) is 6.54 Å². The Morgan fingerprint density at radius 1 is 1.18 bits per heavy atom. The molecule has 88 valence electrons. The summed E-state index contributed by atoms with van der Waals surface area (Å²) in [6.45, 7) is 0.666. The highest BCUT2D eigenvalue weighted by molar-refractivity contribution is 5.38. The number of phenols is 1. The van der Waals surface area contributed by atoms with Gasteiger partial charge in [-0.15, -0.1) is 0 Å². The lowest BCUT2D eigenvalue weighted by Crippen LogP contribution is -2.00. The lowest BCUT2D eigenvalue weighted by Gasteiger charge is -2.06. The van der Waals surface area contributed by atoms with E-state index in [2.05, 4.69) is 10.3 Å². The number of methoxy groups -OCH3 is 1. The summed E-state index contributed by atoms with van der Waals surface area (Å²) in [5.41, 5.74) is 1.08. The summed E-state index contributed by atoms with van der Waals surface area (Å²) in [6, 6.07) is 10.8. The first kappa shape index (κ1) is 11.3. The number of benzene rings is 1. The van der Waals surface area contributed by atoms with Crippen molar-refractivity contribution >= 4 is 5.82 Å². The maximum Gasteiger partial charge on any atom is 0.137 e. The summed E-state index contributed by atoms with van der Waals surface area (Å²) in [7, 11) is 1.61. The second-order valence-corrected chi connectivity index (χ2v) is 3.60. The smallest absolute Gasteiger partial charge is 0.137 e. The zero-order valence-corrected chi connectivity index (χ0v) is 9.55. The molecule has 0 fully saturated rings. The van der Waals surface area contributed by atoms with Gasteiger partial charge in [-0.1, -0.05) is 12.1 Å². The molecule has 2 aromatic rings. The van der Waals surface area contributed by atoms with E-state index in [4.69, 9.17) is 9.84 Å². The van der Waals surface area contributed by atoms with Gasteiger partial charge in [-0.3, -0.25) is 0 Å². The molecule has 1 aromatic carbocycles. The van der Waals surface area contributed by atoms with Crippen molar-refractivity contribution < 1.29 is 9.84 Å². The molecule has 0 spiro atoms. The Morgan fingerprint density at radius 3 is 2.53 bits per heavy atom. The number of pyridine rings is 1. The van der Waals surface area contributed by atoms with Gasteiger partial charge in [0.25, 0.3) is 0 Å². The molecule has 0 bridgehead atoms. The molecule has 1 aromatic heterocycles. The van der Waals surface area contributed by atoms with Gasteiger partial charge >= 0.3 is 0 Å². The van der Waals surface area contributed by atoms with Crippen LogP contribution in [-0.2, 0) is 6.54 Å². The van der Waals surface area contributed by atoms with Crippen LogP contribution < -0.4 is 10.1 Å². The maximum absolute atomic E-state index is 9.15. The van der Waals surface area contributed by atoms with Gasteiger partial charge in [0.1, 0.15) is 17.3 Å². The Morgan fingerprint density at radius 2 is 1.94 bits per heavy atom. The molecule has 0 atom stereocenters. The van der Waals surface area contributed by atoms with Crippen molar-refractivity contribution in [3.63, 3.8) is 0 Å². The average molecular weight is 230 g/mol. The molecule has 0 aliphatic carbocycles. The van der Waals surface area contributed by atoms with Crippen molar-refractivity contribution in [2.75, 3.05) is 12.4 Å². The Balaban J connectivity index is 1.95. The van der Waals surface area contributed by atoms with E-state index in [0.29, 0.717) is 6.54 Å². The Labute approximate surface area is 99.9 Å². The van der Waals surface area contributed by atoms with E-state index >= 15 is 0 Å². The lowest BCUT2D eigenvalue weighted by molar-refractivity contribution is 0.413. The van der Waals surface area contributed by atoms with Crippen LogP contribution in [0, 0.1) is 0 Å². The third-order valence-corrected chi connectivity index (χ3v) is 2.38. The maximum atomic E-state index is 9.15. The summed E-state index contributed by atoms with van der Waals surface area (Å²) in [4.78, 5) is 4.20. The van der Waals surface area contributed by atoms with Gasteiger partial charge < -0.3 is 15.2 Å². The molecule has 0 amide bonds. The second kappa shape index (κ2) is 5.21. The summed E-state index contributed by atoms with van der Waals surface area (Å²) in [6.07, 6.45) is 1.67. The standard InChI is InChI=1S/C13H14N2O2/c1-17-12-6-7-13(15-9-12)14-8-10-2-4-11(16)5-3-10/h2-7,9,16H,8H2,1H3,(H,14,15). The van der Waals surface area contributed by atoms with Crippen molar-refractivity contribution in [2.24, 2.45) is 0 Å². The van der Waals surface area contributed by atoms with E-state index in [1.54, 1.807) is 25.4 Å². The number of nitrogens with one attached hydrogen (secondary N) is 1. The monoisotopic (exact) mass is 230 g/mol. The van der Waals surface area contributed by atoms with Crippen LogP contribution in [0.4, 0.5) is 5.82 Å². The minimum atomic E-state index is 0.274. The summed E-state index contributed by atoms with van der Waals surface area (Å²) >= 11 is 0. The Kier molecular flexibility index (Phi) is 3.45. The van der Waals surface area contributed by atoms with Crippen molar-refractivity contribution in [3.8, 4) is 11.5 Å². The Hall–Kier alpha value is -2.23. The van der Waals surface area contributed by atoms with Crippen LogP contribution >= 0.6 is 0 Å². The van der Waals surface area contributed by atoms with Crippen LogP contribution in [0.25, 0.3) is 0 Å². The highest BCUT2D eigenvalue weighted by Gasteiger charge is 1.96. The van der Waals surface area contributed by atoms with Gasteiger partial charge in [0.2, 0.25) is 0 Å². The minimum Gasteiger partial charge on any atom is -0.508 e. The van der Waals surface area contributed by atoms with Gasteiger partial charge in [-0.2, -0.15) is 0 Å². The van der Waals surface area contributed by atoms with Crippen LogP contribution in [-0.4, -0.2) is 17.2 Å². The number of anilines is 1. The number of ether oxygens (including phenoxy) is 1. The van der Waals surface area contributed by atoms with E-state index < -0.39 is 0 Å². The van der Waals surface area contributed by atoms with Crippen molar-refractivity contribution in [2.45, 2.75) is 6.54 Å². The molecular formula is C13H14N2O2. The second-order valence-electron chi connectivity index (χ2n) is 3.60. The molecule has 17 heavy (non-hydrogen) atoms. The first-order chi connectivity index (χ1) is 8.28. The first-order valence-electron chi connectivity index (χ1n) is 5.30. The molecule has 0 saturated carbocycles. The highest BCUT2D eigenvalue weighted by Crippen LogP contribution is 2.13. The molecule has 0 unspecified atom stereocenters. The number of phenolic OH excluding ortho intramolecular Hbond substituents is 1. The summed E-state index contributed by atoms with van der Waals surface area (Å²) in [5, 5.41) is 12.3. The third-order valence-electron chi connectivity index (χ3n) is 2.38. The number of aromatic hydroxyl groups is 1. The van der Waals surface area contributed by atoms with Gasteiger partial charge in [0.15, 0.2) is 0 Å². The molecule has 4 nitrogen and oxygen atoms in total. The fourth-order valence-corrected chi connectivity index (χ4v) is 1.41. The van der Waals surface area contributed by atoms with Crippen LogP contribution in [0.1, 0.15) is 5.56 Å². The third kappa shape index (κ3) is 3.11. The van der Waals surface area contributed by atoms with Crippen LogP contribution in [0.2, 0.25) is 0 Å². The van der Waals surface area contributed by atoms with E-state index in [9.17, 15) is 0 Å². The molecule has 0 saturated heterocycles. The van der Waals surface area contributed by atoms with Gasteiger partial charge in [-0.05, 0) is 29.8 Å². The molecule has 0 aliphatic heterocycles. The average Bonchev–Trinajstić information content (AvgIpc) is 2.39. The quantitative estimate of drug-likeness (QED) is 0.846. The van der Waals surface area contributed by atoms with Crippen molar-refractivity contribution in [1.29, 1.82) is 0 Å². The Bertz CT molecular complexity index is 466. The SMILES string of the molecule is COc1ccc(NCc2ccc(O)cc2)nc1. The first-order valence-corrected chi connectivity index (χ1v) is 5.30. The molecule has 2 N–H and O–H groups in total. The van der Waals surface area contributed by atoms with E-state index in [1.165, 1.54) is 0 Å². The molecule has 4 heteroatoms. The normalized spacial score (nSPS) is 9.94. The molecule has 0 radical (unpaired) electrons.